The van der Waals surface area contributed by atoms with Crippen LogP contribution in [0.15, 0.2) is 0 Å². The van der Waals surface area contributed by atoms with Gasteiger partial charge in [0.25, 0.3) is 0 Å². The number of rotatable bonds is 3. The lowest BCUT2D eigenvalue weighted by Crippen LogP contribution is -2.55. The minimum absolute atomic E-state index is 0.0471. The number of sulfone groups is 1. The van der Waals surface area contributed by atoms with Crippen LogP contribution < -0.4 is 5.73 Å². The van der Waals surface area contributed by atoms with Crippen LogP contribution in [0.1, 0.15) is 12.8 Å². The molecule has 0 radical (unpaired) electrons. The fourth-order valence-corrected chi connectivity index (χ4v) is 6.41. The lowest BCUT2D eigenvalue weighted by Gasteiger charge is -2.37. The van der Waals surface area contributed by atoms with E-state index in [0.29, 0.717) is 19.8 Å². The van der Waals surface area contributed by atoms with Crippen molar-refractivity contribution in [2.45, 2.75) is 24.1 Å². The summed E-state index contributed by atoms with van der Waals surface area (Å²) in [6.07, 6.45) is 0.360. The first kappa shape index (κ1) is 15.2. The molecule has 19 heavy (non-hydrogen) atoms. The SMILES string of the molecule is NCC1COCCN1S(=O)(=O)C1CCS(=O)(=O)CC1. The highest BCUT2D eigenvalue weighted by molar-refractivity contribution is 7.92. The fraction of sp³-hybridized carbons (Fsp3) is 1.00. The quantitative estimate of drug-likeness (QED) is 0.683. The molecule has 112 valence electrons. The van der Waals surface area contributed by atoms with Gasteiger partial charge in [-0.3, -0.25) is 0 Å². The molecule has 9 heteroatoms. The summed E-state index contributed by atoms with van der Waals surface area (Å²) in [6, 6.07) is -0.336. The summed E-state index contributed by atoms with van der Waals surface area (Å²) in [5.41, 5.74) is 5.58. The van der Waals surface area contributed by atoms with Crippen LogP contribution in [-0.4, -0.2) is 70.2 Å². The van der Waals surface area contributed by atoms with Crippen LogP contribution in [0.4, 0.5) is 0 Å². The van der Waals surface area contributed by atoms with Gasteiger partial charge in [0.05, 0.1) is 36.0 Å². The monoisotopic (exact) mass is 312 g/mol. The van der Waals surface area contributed by atoms with Gasteiger partial charge in [-0.05, 0) is 12.8 Å². The van der Waals surface area contributed by atoms with Crippen LogP contribution >= 0.6 is 0 Å². The van der Waals surface area contributed by atoms with Gasteiger partial charge >= 0.3 is 0 Å². The number of hydrogen-bond donors (Lipinski definition) is 1. The minimum Gasteiger partial charge on any atom is -0.378 e. The van der Waals surface area contributed by atoms with Crippen molar-refractivity contribution < 1.29 is 21.6 Å². The molecule has 0 aromatic heterocycles. The first-order valence-electron chi connectivity index (χ1n) is 6.36. The molecule has 2 N–H and O–H groups in total. The van der Waals surface area contributed by atoms with Crippen LogP contribution in [0.2, 0.25) is 0 Å². The van der Waals surface area contributed by atoms with E-state index in [2.05, 4.69) is 0 Å². The van der Waals surface area contributed by atoms with Gasteiger partial charge in [0.2, 0.25) is 10.0 Å². The van der Waals surface area contributed by atoms with Gasteiger partial charge in [-0.25, -0.2) is 16.8 Å². The molecule has 1 atom stereocenters. The topological polar surface area (TPSA) is 107 Å². The zero-order valence-electron chi connectivity index (χ0n) is 10.7. The molecule has 7 nitrogen and oxygen atoms in total. The van der Waals surface area contributed by atoms with Crippen LogP contribution in [-0.2, 0) is 24.6 Å². The summed E-state index contributed by atoms with van der Waals surface area (Å²) in [7, 11) is -6.55. The molecule has 0 spiro atoms. The number of ether oxygens (including phenoxy) is 1. The molecule has 2 aliphatic rings. The molecular weight excluding hydrogens is 292 g/mol. The highest BCUT2D eigenvalue weighted by atomic mass is 32.2. The Morgan fingerprint density at radius 1 is 1.26 bits per heavy atom. The van der Waals surface area contributed by atoms with Gasteiger partial charge in [-0.2, -0.15) is 4.31 Å². The summed E-state index contributed by atoms with van der Waals surface area (Å²) < 4.78 is 54.5. The molecule has 0 bridgehead atoms. The number of hydrogen-bond acceptors (Lipinski definition) is 6. The molecule has 2 rings (SSSR count). The Balaban J connectivity index is 2.13. The normalized spacial score (nSPS) is 30.3. The standard InChI is InChI=1S/C10H20N2O5S2/c11-7-9-8-17-4-3-12(9)19(15,16)10-1-5-18(13,14)6-2-10/h9-10H,1-8,11H2. The highest BCUT2D eigenvalue weighted by Crippen LogP contribution is 2.24. The molecular formula is C10H20N2O5S2. The Morgan fingerprint density at radius 3 is 2.47 bits per heavy atom. The van der Waals surface area contributed by atoms with Crippen molar-refractivity contribution in [3.8, 4) is 0 Å². The lowest BCUT2D eigenvalue weighted by atomic mass is 10.2. The van der Waals surface area contributed by atoms with E-state index in [4.69, 9.17) is 10.5 Å². The van der Waals surface area contributed by atoms with Crippen molar-refractivity contribution in [3.63, 3.8) is 0 Å². The van der Waals surface area contributed by atoms with E-state index in [1.807, 2.05) is 0 Å². The average Bonchev–Trinajstić information content (AvgIpc) is 2.38. The summed E-state index contributed by atoms with van der Waals surface area (Å²) in [4.78, 5) is 0. The average molecular weight is 312 g/mol. The molecule has 0 aromatic carbocycles. The van der Waals surface area contributed by atoms with Crippen molar-refractivity contribution in [1.82, 2.24) is 4.31 Å². The highest BCUT2D eigenvalue weighted by Gasteiger charge is 2.40. The van der Waals surface area contributed by atoms with Gasteiger partial charge < -0.3 is 10.5 Å². The molecule has 0 saturated carbocycles. The summed E-state index contributed by atoms with van der Waals surface area (Å²) in [5.74, 6) is -0.0942. The van der Waals surface area contributed by atoms with E-state index >= 15 is 0 Å². The Bertz CT molecular complexity index is 502. The van der Waals surface area contributed by atoms with Crippen molar-refractivity contribution in [3.05, 3.63) is 0 Å². The maximum atomic E-state index is 12.5. The Kier molecular flexibility index (Phi) is 4.51. The smallest absolute Gasteiger partial charge is 0.217 e. The molecule has 0 aliphatic carbocycles. The molecule has 2 saturated heterocycles. The molecule has 2 heterocycles. The minimum atomic E-state index is -3.49. The summed E-state index contributed by atoms with van der Waals surface area (Å²) in [6.45, 7) is 1.18. The van der Waals surface area contributed by atoms with Gasteiger partial charge in [-0.15, -0.1) is 0 Å². The first-order chi connectivity index (χ1) is 8.87. The van der Waals surface area contributed by atoms with Crippen molar-refractivity contribution in [2.75, 3.05) is 37.8 Å². The number of nitrogens with two attached hydrogens (primary N) is 1. The summed E-state index contributed by atoms with van der Waals surface area (Å²) in [5, 5.41) is -0.608. The second-order valence-corrected chi connectivity index (χ2v) is 9.44. The Morgan fingerprint density at radius 2 is 1.89 bits per heavy atom. The van der Waals surface area contributed by atoms with Crippen LogP contribution in [0.3, 0.4) is 0 Å². The lowest BCUT2D eigenvalue weighted by molar-refractivity contribution is 0.0353. The van der Waals surface area contributed by atoms with E-state index in [1.54, 1.807) is 0 Å². The first-order valence-corrected chi connectivity index (χ1v) is 9.68. The third kappa shape index (κ3) is 3.27. The van der Waals surface area contributed by atoms with Crippen LogP contribution in [0.5, 0.6) is 0 Å². The van der Waals surface area contributed by atoms with Gasteiger partial charge in [-0.1, -0.05) is 0 Å². The van der Waals surface area contributed by atoms with Crippen LogP contribution in [0.25, 0.3) is 0 Å². The van der Waals surface area contributed by atoms with E-state index < -0.39 is 25.1 Å². The maximum Gasteiger partial charge on any atom is 0.217 e. The van der Waals surface area contributed by atoms with Gasteiger partial charge in [0.1, 0.15) is 9.84 Å². The van der Waals surface area contributed by atoms with E-state index in [1.165, 1.54) is 4.31 Å². The van der Waals surface area contributed by atoms with Crippen molar-refractivity contribution >= 4 is 19.9 Å². The Hall–Kier alpha value is -0.220. The van der Waals surface area contributed by atoms with E-state index in [9.17, 15) is 16.8 Å². The Labute approximate surface area is 114 Å². The zero-order chi connectivity index (χ0) is 14.1. The maximum absolute atomic E-state index is 12.5. The third-order valence-corrected chi connectivity index (χ3v) is 7.86. The zero-order valence-corrected chi connectivity index (χ0v) is 12.3. The van der Waals surface area contributed by atoms with Crippen LogP contribution in [0, 0.1) is 0 Å². The van der Waals surface area contributed by atoms with Gasteiger partial charge in [0.15, 0.2) is 0 Å². The van der Waals surface area contributed by atoms with Gasteiger partial charge in [0, 0.05) is 13.1 Å². The van der Waals surface area contributed by atoms with Crippen molar-refractivity contribution in [1.29, 1.82) is 0 Å². The predicted octanol–water partition coefficient (Wildman–Crippen LogP) is -1.45. The fourth-order valence-electron chi connectivity index (χ4n) is 2.52. The molecule has 1 unspecified atom stereocenters. The summed E-state index contributed by atoms with van der Waals surface area (Å²) >= 11 is 0. The van der Waals surface area contributed by atoms with E-state index in [-0.39, 0.29) is 36.9 Å². The second kappa shape index (κ2) is 5.65. The molecule has 0 aromatic rings. The van der Waals surface area contributed by atoms with E-state index in [0.717, 1.165) is 0 Å². The van der Waals surface area contributed by atoms with Crippen molar-refractivity contribution in [2.24, 2.45) is 5.73 Å². The number of nitrogens with zero attached hydrogens (tertiary/aromatic N) is 1. The molecule has 2 fully saturated rings. The number of morpholine rings is 1. The number of sulfonamides is 1. The second-order valence-electron chi connectivity index (χ2n) is 4.97. The molecule has 0 amide bonds. The largest absolute Gasteiger partial charge is 0.378 e. The third-order valence-electron chi connectivity index (χ3n) is 3.70. The molecule has 2 aliphatic heterocycles. The predicted molar refractivity (Wildman–Crippen MR) is 71.0 cm³/mol.